The highest BCUT2D eigenvalue weighted by molar-refractivity contribution is 5.97. The van der Waals surface area contributed by atoms with Crippen LogP contribution in [0.4, 0.5) is 10.1 Å². The number of carbonyl (C=O) groups excluding carboxylic acids is 2. The molecule has 0 saturated carbocycles. The van der Waals surface area contributed by atoms with Crippen LogP contribution in [0.2, 0.25) is 0 Å². The zero-order chi connectivity index (χ0) is 38.5. The molecule has 1 fully saturated rings. The number of methoxy groups -OCH3 is 1. The second-order valence-electron chi connectivity index (χ2n) is 15.6. The maximum atomic E-state index is 14.0. The van der Waals surface area contributed by atoms with Crippen molar-refractivity contribution in [1.29, 1.82) is 0 Å². The summed E-state index contributed by atoms with van der Waals surface area (Å²) in [5.41, 5.74) is 6.90. The van der Waals surface area contributed by atoms with Gasteiger partial charge in [-0.15, -0.1) is 0 Å². The predicted octanol–water partition coefficient (Wildman–Crippen LogP) is 9.40. The molecule has 1 aliphatic heterocycles. The molecular weight excluding hydrogens is 669 g/mol. The third-order valence-corrected chi connectivity index (χ3v) is 9.77. The number of ether oxygens (including phenoxy) is 3. The summed E-state index contributed by atoms with van der Waals surface area (Å²) in [7, 11) is 1.55. The minimum atomic E-state index is -0.966. The first-order valence-corrected chi connectivity index (χ1v) is 18.5. The molecule has 4 aromatic rings. The maximum Gasteiger partial charge on any atom is 0.340 e. The third-order valence-electron chi connectivity index (χ3n) is 9.77. The lowest BCUT2D eigenvalue weighted by Crippen LogP contribution is -2.39. The Hall–Kier alpha value is -4.76. The molecule has 0 bridgehead atoms. The maximum absolute atomic E-state index is 14.0. The normalized spacial score (nSPS) is 14.8. The molecule has 2 heterocycles. The lowest BCUT2D eigenvalue weighted by Gasteiger charge is -2.41. The van der Waals surface area contributed by atoms with Crippen LogP contribution < -0.4 is 9.64 Å². The number of nitrogens with zero attached hydrogens (tertiary/aromatic N) is 3. The molecule has 9 heteroatoms. The molecular formula is C44H54FN3O5. The van der Waals surface area contributed by atoms with Crippen molar-refractivity contribution in [2.45, 2.75) is 93.0 Å². The summed E-state index contributed by atoms with van der Waals surface area (Å²) in [6.45, 7) is 18.7. The topological polar surface area (TPSA) is 81.2 Å². The number of halogens is 1. The summed E-state index contributed by atoms with van der Waals surface area (Å²) in [6.07, 6.45) is 1.03. The lowest BCUT2D eigenvalue weighted by molar-refractivity contribution is -0.166. The van der Waals surface area contributed by atoms with Crippen LogP contribution in [0.3, 0.4) is 0 Å². The second kappa shape index (κ2) is 16.5. The molecule has 282 valence electrons. The number of esters is 1. The SMILES string of the molecule is CCOC(=O)[C@@H](OC(C)(C)C)c1c(C)nc(C)c(-c2ccc(CN(Cc3ccc(F)cc3)C(=O)c3ccccc3OC)cc2)c1N1CCC(C)(C)CC1. The Kier molecular flexibility index (Phi) is 12.3. The van der Waals surface area contributed by atoms with Gasteiger partial charge in [0, 0.05) is 48.7 Å². The Morgan fingerprint density at radius 1 is 0.906 bits per heavy atom. The van der Waals surface area contributed by atoms with Gasteiger partial charge in [-0.25, -0.2) is 9.18 Å². The Balaban J connectivity index is 1.58. The number of hydrogen-bond donors (Lipinski definition) is 0. The van der Waals surface area contributed by atoms with Crippen molar-refractivity contribution < 1.29 is 28.2 Å². The molecule has 3 aromatic carbocycles. The summed E-state index contributed by atoms with van der Waals surface area (Å²) < 4.78 is 31.4. The molecule has 0 N–H and O–H groups in total. The minimum Gasteiger partial charge on any atom is -0.496 e. The van der Waals surface area contributed by atoms with E-state index in [0.29, 0.717) is 17.9 Å². The molecule has 5 rings (SSSR count). The predicted molar refractivity (Wildman–Crippen MR) is 208 cm³/mol. The van der Waals surface area contributed by atoms with Gasteiger partial charge in [0.1, 0.15) is 11.6 Å². The van der Waals surface area contributed by atoms with Crippen LogP contribution in [0, 0.1) is 25.1 Å². The van der Waals surface area contributed by atoms with E-state index < -0.39 is 17.7 Å². The van der Waals surface area contributed by atoms with Crippen LogP contribution in [0.25, 0.3) is 11.1 Å². The monoisotopic (exact) mass is 723 g/mol. The summed E-state index contributed by atoms with van der Waals surface area (Å²) in [6, 6.07) is 21.5. The number of piperidine rings is 1. The zero-order valence-electron chi connectivity index (χ0n) is 32.7. The number of carbonyl (C=O) groups is 2. The van der Waals surface area contributed by atoms with Crippen molar-refractivity contribution in [2.75, 3.05) is 31.7 Å². The molecule has 0 unspecified atom stereocenters. The Morgan fingerprint density at radius 2 is 1.49 bits per heavy atom. The quantitative estimate of drug-likeness (QED) is 0.135. The number of aromatic nitrogens is 1. The Labute approximate surface area is 314 Å². The molecule has 53 heavy (non-hydrogen) atoms. The summed E-state index contributed by atoms with van der Waals surface area (Å²) in [5, 5.41) is 0. The molecule has 1 saturated heterocycles. The van der Waals surface area contributed by atoms with E-state index in [-0.39, 0.29) is 30.3 Å². The molecule has 1 amide bonds. The average Bonchev–Trinajstić information content (AvgIpc) is 3.11. The van der Waals surface area contributed by atoms with Gasteiger partial charge in [-0.1, -0.05) is 62.4 Å². The van der Waals surface area contributed by atoms with Crippen molar-refractivity contribution >= 4 is 17.6 Å². The van der Waals surface area contributed by atoms with Gasteiger partial charge >= 0.3 is 5.97 Å². The number of anilines is 1. The minimum absolute atomic E-state index is 0.196. The number of amides is 1. The van der Waals surface area contributed by atoms with Gasteiger partial charge < -0.3 is 24.0 Å². The fourth-order valence-electron chi connectivity index (χ4n) is 6.96. The van der Waals surface area contributed by atoms with Crippen molar-refractivity contribution in [1.82, 2.24) is 9.88 Å². The van der Waals surface area contributed by atoms with Crippen LogP contribution in [0.5, 0.6) is 5.75 Å². The van der Waals surface area contributed by atoms with E-state index in [1.807, 2.05) is 58.9 Å². The smallest absolute Gasteiger partial charge is 0.340 e. The standard InChI is InChI=1S/C44H54FN3O5/c1-10-52-42(50)40(53-43(4,5)6)38-30(3)46-29(2)37(39(38)47-25-23-44(7,8)24-26-47)33-19-15-31(16-20-33)27-48(28-32-17-21-34(45)22-18-32)41(49)35-13-11-12-14-36(35)51-9/h11-22,40H,10,23-28H2,1-9H3/t40-/m0/s1. The molecule has 1 aliphatic rings. The highest BCUT2D eigenvalue weighted by atomic mass is 19.1. The van der Waals surface area contributed by atoms with Crippen LogP contribution in [-0.2, 0) is 27.4 Å². The van der Waals surface area contributed by atoms with Crippen molar-refractivity contribution in [3.05, 3.63) is 112 Å². The number of benzene rings is 3. The van der Waals surface area contributed by atoms with Gasteiger partial charge in [-0.3, -0.25) is 9.78 Å². The van der Waals surface area contributed by atoms with Crippen LogP contribution in [-0.4, -0.2) is 54.2 Å². The van der Waals surface area contributed by atoms with Crippen molar-refractivity contribution in [3.63, 3.8) is 0 Å². The fraction of sp³-hybridized carbons (Fsp3) is 0.432. The van der Waals surface area contributed by atoms with Gasteiger partial charge in [0.25, 0.3) is 5.91 Å². The fourth-order valence-corrected chi connectivity index (χ4v) is 6.96. The number of hydrogen-bond acceptors (Lipinski definition) is 7. The number of rotatable bonds is 12. The van der Waals surface area contributed by atoms with E-state index in [1.165, 1.54) is 12.1 Å². The Morgan fingerprint density at radius 3 is 2.06 bits per heavy atom. The second-order valence-corrected chi connectivity index (χ2v) is 15.6. The summed E-state index contributed by atoms with van der Waals surface area (Å²) in [5.74, 6) is -0.474. The van der Waals surface area contributed by atoms with Gasteiger partial charge in [0.05, 0.1) is 30.6 Å². The average molecular weight is 724 g/mol. The number of para-hydroxylation sites is 1. The first-order chi connectivity index (χ1) is 25.1. The first-order valence-electron chi connectivity index (χ1n) is 18.5. The van der Waals surface area contributed by atoms with Gasteiger partial charge in [-0.2, -0.15) is 0 Å². The lowest BCUT2D eigenvalue weighted by atomic mass is 9.81. The van der Waals surface area contributed by atoms with Gasteiger partial charge in [-0.05, 0) is 101 Å². The molecule has 0 spiro atoms. The van der Waals surface area contributed by atoms with Crippen LogP contribution in [0.1, 0.15) is 98.9 Å². The van der Waals surface area contributed by atoms with E-state index in [0.717, 1.165) is 70.8 Å². The van der Waals surface area contributed by atoms with Gasteiger partial charge in [0.15, 0.2) is 6.10 Å². The van der Waals surface area contributed by atoms with Crippen molar-refractivity contribution in [3.8, 4) is 16.9 Å². The van der Waals surface area contributed by atoms with Crippen molar-refractivity contribution in [2.24, 2.45) is 5.41 Å². The number of pyridine rings is 1. The summed E-state index contributed by atoms with van der Waals surface area (Å²) >= 11 is 0. The van der Waals surface area contributed by atoms with Gasteiger partial charge in [0.2, 0.25) is 0 Å². The number of aryl methyl sites for hydroxylation is 2. The highest BCUT2D eigenvalue weighted by Gasteiger charge is 2.37. The first kappa shape index (κ1) is 39.4. The zero-order valence-corrected chi connectivity index (χ0v) is 32.7. The van der Waals surface area contributed by atoms with E-state index in [2.05, 4.69) is 30.9 Å². The highest BCUT2D eigenvalue weighted by Crippen LogP contribution is 2.45. The van der Waals surface area contributed by atoms with E-state index in [4.69, 9.17) is 19.2 Å². The molecule has 1 atom stereocenters. The van der Waals surface area contributed by atoms with E-state index in [9.17, 15) is 14.0 Å². The summed E-state index contributed by atoms with van der Waals surface area (Å²) in [4.78, 5) is 36.9. The van der Waals surface area contributed by atoms with Crippen LogP contribution >= 0.6 is 0 Å². The largest absolute Gasteiger partial charge is 0.496 e. The van der Waals surface area contributed by atoms with Crippen LogP contribution in [0.15, 0.2) is 72.8 Å². The Bertz CT molecular complexity index is 1890. The molecule has 0 aliphatic carbocycles. The molecule has 0 radical (unpaired) electrons. The molecule has 1 aromatic heterocycles. The van der Waals surface area contributed by atoms with E-state index in [1.54, 1.807) is 43.2 Å². The van der Waals surface area contributed by atoms with E-state index >= 15 is 0 Å². The third kappa shape index (κ3) is 9.62. The molecule has 8 nitrogen and oxygen atoms in total.